The quantitative estimate of drug-likeness (QED) is 0.553. The Bertz CT molecular complexity index is 975. The molecule has 1 atom stereocenters. The SMILES string of the molecule is Cc1c(F)cccc1C1CCN(CC2CCc3ccccc3N2C(=O)C2CCCCC2)CC1. The van der Waals surface area contributed by atoms with Crippen LogP contribution in [-0.2, 0) is 11.2 Å². The second kappa shape index (κ2) is 9.97. The van der Waals surface area contributed by atoms with Gasteiger partial charge in [0.2, 0.25) is 5.91 Å². The maximum absolute atomic E-state index is 14.1. The molecule has 0 radical (unpaired) electrons. The summed E-state index contributed by atoms with van der Waals surface area (Å²) in [7, 11) is 0. The molecule has 3 aliphatic rings. The van der Waals surface area contributed by atoms with Gasteiger partial charge in [-0.1, -0.05) is 49.6 Å². The van der Waals surface area contributed by atoms with Gasteiger partial charge in [0, 0.05) is 24.2 Å². The molecule has 0 N–H and O–H groups in total. The maximum Gasteiger partial charge on any atom is 0.230 e. The number of hydrogen-bond donors (Lipinski definition) is 0. The van der Waals surface area contributed by atoms with Gasteiger partial charge in [0.15, 0.2) is 0 Å². The summed E-state index contributed by atoms with van der Waals surface area (Å²) in [6.45, 7) is 4.89. The van der Waals surface area contributed by atoms with Crippen LogP contribution >= 0.6 is 0 Å². The summed E-state index contributed by atoms with van der Waals surface area (Å²) in [5, 5.41) is 0. The molecule has 3 nitrogen and oxygen atoms in total. The van der Waals surface area contributed by atoms with Crippen LogP contribution in [0.1, 0.15) is 74.0 Å². The van der Waals surface area contributed by atoms with Crippen molar-refractivity contribution in [2.75, 3.05) is 24.5 Å². The van der Waals surface area contributed by atoms with Crippen LogP contribution in [0.3, 0.4) is 0 Å². The fourth-order valence-electron chi connectivity index (χ4n) is 6.41. The summed E-state index contributed by atoms with van der Waals surface area (Å²) in [6, 6.07) is 14.3. The normalized spacial score (nSPS) is 22.8. The van der Waals surface area contributed by atoms with Gasteiger partial charge in [-0.3, -0.25) is 4.79 Å². The van der Waals surface area contributed by atoms with E-state index in [4.69, 9.17) is 0 Å². The Morgan fingerprint density at radius 1 is 0.939 bits per heavy atom. The van der Waals surface area contributed by atoms with Crippen LogP contribution in [0.5, 0.6) is 0 Å². The third kappa shape index (κ3) is 4.73. The lowest BCUT2D eigenvalue weighted by Gasteiger charge is -2.43. The van der Waals surface area contributed by atoms with Crippen molar-refractivity contribution in [3.8, 4) is 0 Å². The van der Waals surface area contributed by atoms with Crippen LogP contribution in [0.15, 0.2) is 42.5 Å². The van der Waals surface area contributed by atoms with Gasteiger partial charge in [-0.25, -0.2) is 4.39 Å². The first-order valence-corrected chi connectivity index (χ1v) is 13.0. The summed E-state index contributed by atoms with van der Waals surface area (Å²) in [5.74, 6) is 0.892. The molecule has 0 bridgehead atoms. The number of aryl methyl sites for hydroxylation is 1. The van der Waals surface area contributed by atoms with Gasteiger partial charge in [-0.2, -0.15) is 0 Å². The highest BCUT2D eigenvalue weighted by Gasteiger charge is 2.36. The molecule has 2 aromatic rings. The number of halogens is 1. The molecule has 0 spiro atoms. The maximum atomic E-state index is 14.1. The second-order valence-electron chi connectivity index (χ2n) is 10.4. The van der Waals surface area contributed by atoms with Gasteiger partial charge in [0.05, 0.1) is 0 Å². The molecule has 2 fully saturated rings. The zero-order valence-electron chi connectivity index (χ0n) is 19.9. The van der Waals surface area contributed by atoms with Crippen molar-refractivity contribution in [2.45, 2.75) is 76.7 Å². The number of likely N-dealkylation sites (tertiary alicyclic amines) is 1. The van der Waals surface area contributed by atoms with Crippen molar-refractivity contribution < 1.29 is 9.18 Å². The van der Waals surface area contributed by atoms with E-state index >= 15 is 0 Å². The van der Waals surface area contributed by atoms with Gasteiger partial charge in [-0.05, 0) is 93.3 Å². The molecular formula is C29H37FN2O. The molecule has 176 valence electrons. The summed E-state index contributed by atoms with van der Waals surface area (Å²) in [5.41, 5.74) is 4.45. The number of piperidine rings is 1. The third-order valence-electron chi connectivity index (χ3n) is 8.36. The minimum absolute atomic E-state index is 0.0901. The van der Waals surface area contributed by atoms with E-state index in [2.05, 4.69) is 40.1 Å². The summed E-state index contributed by atoms with van der Waals surface area (Å²) < 4.78 is 14.1. The molecule has 1 saturated heterocycles. The van der Waals surface area contributed by atoms with E-state index in [9.17, 15) is 9.18 Å². The fraction of sp³-hybridized carbons (Fsp3) is 0.552. The molecule has 1 saturated carbocycles. The molecule has 2 heterocycles. The predicted molar refractivity (Wildman–Crippen MR) is 132 cm³/mol. The molecule has 1 amide bonds. The van der Waals surface area contributed by atoms with E-state index < -0.39 is 0 Å². The number of rotatable bonds is 4. The minimum atomic E-state index is -0.0901. The smallest absolute Gasteiger partial charge is 0.230 e. The van der Waals surface area contributed by atoms with Crippen molar-refractivity contribution >= 4 is 11.6 Å². The minimum Gasteiger partial charge on any atom is -0.308 e. The molecule has 2 aliphatic heterocycles. The summed E-state index contributed by atoms with van der Waals surface area (Å²) >= 11 is 0. The number of nitrogens with zero attached hydrogens (tertiary/aromatic N) is 2. The number of amides is 1. The first-order valence-electron chi connectivity index (χ1n) is 13.0. The first-order chi connectivity index (χ1) is 16.1. The van der Waals surface area contributed by atoms with E-state index in [1.807, 2.05) is 13.0 Å². The number of anilines is 1. The third-order valence-corrected chi connectivity index (χ3v) is 8.36. The Balaban J connectivity index is 1.29. The second-order valence-corrected chi connectivity index (χ2v) is 10.4. The van der Waals surface area contributed by atoms with Gasteiger partial charge in [0.25, 0.3) is 0 Å². The lowest BCUT2D eigenvalue weighted by molar-refractivity contribution is -0.124. The van der Waals surface area contributed by atoms with Gasteiger partial charge >= 0.3 is 0 Å². The molecule has 2 aromatic carbocycles. The van der Waals surface area contributed by atoms with E-state index in [0.29, 0.717) is 11.8 Å². The molecule has 33 heavy (non-hydrogen) atoms. The largest absolute Gasteiger partial charge is 0.308 e. The zero-order valence-corrected chi connectivity index (χ0v) is 19.9. The van der Waals surface area contributed by atoms with E-state index in [-0.39, 0.29) is 17.8 Å². The summed E-state index contributed by atoms with van der Waals surface area (Å²) in [4.78, 5) is 18.5. The molecule has 1 unspecified atom stereocenters. The van der Waals surface area contributed by atoms with E-state index in [1.54, 1.807) is 6.07 Å². The Morgan fingerprint density at radius 3 is 2.48 bits per heavy atom. The van der Waals surface area contributed by atoms with Crippen LogP contribution in [0.4, 0.5) is 10.1 Å². The number of carbonyl (C=O) groups is 1. The topological polar surface area (TPSA) is 23.6 Å². The lowest BCUT2D eigenvalue weighted by atomic mass is 9.85. The van der Waals surface area contributed by atoms with Crippen LogP contribution < -0.4 is 4.90 Å². The fourth-order valence-corrected chi connectivity index (χ4v) is 6.41. The van der Waals surface area contributed by atoms with Gasteiger partial charge < -0.3 is 9.80 Å². The van der Waals surface area contributed by atoms with E-state index in [1.165, 1.54) is 30.4 Å². The van der Waals surface area contributed by atoms with Gasteiger partial charge in [0.1, 0.15) is 5.82 Å². The standard InChI is InChI=1S/C29H37FN2O/c1-21-26(11-7-12-27(21)30)22-16-18-31(19-17-22)20-25-15-14-23-8-5-6-13-28(23)32(25)29(33)24-9-3-2-4-10-24/h5-8,11-13,22,24-25H,2-4,9-10,14-20H2,1H3. The number of para-hydroxylation sites is 1. The highest BCUT2D eigenvalue weighted by molar-refractivity contribution is 5.97. The van der Waals surface area contributed by atoms with Crippen LogP contribution in [0.25, 0.3) is 0 Å². The van der Waals surface area contributed by atoms with Gasteiger partial charge in [-0.15, -0.1) is 0 Å². The average Bonchev–Trinajstić information content (AvgIpc) is 2.86. The monoisotopic (exact) mass is 448 g/mol. The average molecular weight is 449 g/mol. The Labute approximate surface area is 198 Å². The molecule has 1 aliphatic carbocycles. The number of carbonyl (C=O) groups excluding carboxylic acids is 1. The van der Waals surface area contributed by atoms with Crippen molar-refractivity contribution in [3.05, 3.63) is 65.0 Å². The zero-order chi connectivity index (χ0) is 22.8. The van der Waals surface area contributed by atoms with E-state index in [0.717, 1.165) is 69.4 Å². The van der Waals surface area contributed by atoms with Crippen molar-refractivity contribution in [3.63, 3.8) is 0 Å². The van der Waals surface area contributed by atoms with Crippen molar-refractivity contribution in [1.29, 1.82) is 0 Å². The lowest BCUT2D eigenvalue weighted by Crippen LogP contribution is -2.52. The Kier molecular flexibility index (Phi) is 6.82. The molecule has 5 rings (SSSR count). The van der Waals surface area contributed by atoms with Crippen molar-refractivity contribution in [1.82, 2.24) is 4.90 Å². The van der Waals surface area contributed by atoms with Crippen LogP contribution in [0, 0.1) is 18.7 Å². The predicted octanol–water partition coefficient (Wildman–Crippen LogP) is 6.24. The number of benzene rings is 2. The van der Waals surface area contributed by atoms with Crippen molar-refractivity contribution in [2.24, 2.45) is 5.92 Å². The Hall–Kier alpha value is -2.20. The molecule has 4 heteroatoms. The number of hydrogen-bond acceptors (Lipinski definition) is 2. The Morgan fingerprint density at radius 2 is 1.70 bits per heavy atom. The first kappa shape index (κ1) is 22.6. The molecular weight excluding hydrogens is 411 g/mol. The van der Waals surface area contributed by atoms with Crippen LogP contribution in [0.2, 0.25) is 0 Å². The highest BCUT2D eigenvalue weighted by atomic mass is 19.1. The van der Waals surface area contributed by atoms with Crippen LogP contribution in [-0.4, -0.2) is 36.5 Å². The summed E-state index contributed by atoms with van der Waals surface area (Å²) in [6.07, 6.45) is 9.93. The highest BCUT2D eigenvalue weighted by Crippen LogP contribution is 2.36. The number of fused-ring (bicyclic) bond motifs is 1. The molecule has 0 aromatic heterocycles.